The Labute approximate surface area is 106 Å². The number of ether oxygens (including phenoxy) is 1. The molecule has 1 unspecified atom stereocenters. The molecule has 0 aliphatic rings. The summed E-state index contributed by atoms with van der Waals surface area (Å²) in [6.45, 7) is 2.03. The van der Waals surface area contributed by atoms with Gasteiger partial charge in [0, 0.05) is 12.4 Å². The number of hydrogen-bond donors (Lipinski definition) is 2. The summed E-state index contributed by atoms with van der Waals surface area (Å²) < 4.78 is 5.22. The van der Waals surface area contributed by atoms with Crippen LogP contribution in [0.25, 0.3) is 0 Å². The van der Waals surface area contributed by atoms with Crippen molar-refractivity contribution in [1.82, 2.24) is 15.4 Å². The van der Waals surface area contributed by atoms with Gasteiger partial charge >= 0.3 is 0 Å². The van der Waals surface area contributed by atoms with Gasteiger partial charge in [0.05, 0.1) is 13.2 Å². The van der Waals surface area contributed by atoms with Gasteiger partial charge in [-0.25, -0.2) is 10.4 Å². The van der Waals surface area contributed by atoms with Gasteiger partial charge in [-0.15, -0.1) is 0 Å². The molecule has 3 N–H and O–H groups in total. The molecule has 2 rings (SSSR count). The van der Waals surface area contributed by atoms with E-state index >= 15 is 0 Å². The van der Waals surface area contributed by atoms with Gasteiger partial charge < -0.3 is 4.74 Å². The van der Waals surface area contributed by atoms with Gasteiger partial charge in [-0.05, 0) is 18.1 Å². The second-order valence-electron chi connectivity index (χ2n) is 3.91. The maximum absolute atomic E-state index is 5.66. The Balaban J connectivity index is 2.49. The van der Waals surface area contributed by atoms with E-state index < -0.39 is 0 Å². The van der Waals surface area contributed by atoms with Crippen molar-refractivity contribution in [3.63, 3.8) is 0 Å². The molecule has 0 saturated heterocycles. The number of nitrogens with zero attached hydrogens (tertiary/aromatic N) is 2. The van der Waals surface area contributed by atoms with Crippen molar-refractivity contribution in [1.29, 1.82) is 0 Å². The van der Waals surface area contributed by atoms with Gasteiger partial charge in [-0.3, -0.25) is 10.8 Å². The van der Waals surface area contributed by atoms with Gasteiger partial charge in [-0.2, -0.15) is 0 Å². The first-order valence-electron chi connectivity index (χ1n) is 5.64. The number of benzene rings is 1. The number of rotatable bonds is 4. The fourth-order valence-electron chi connectivity index (χ4n) is 1.92. The van der Waals surface area contributed by atoms with Crippen LogP contribution in [0.4, 0.5) is 0 Å². The highest BCUT2D eigenvalue weighted by Gasteiger charge is 2.20. The molecule has 0 aliphatic heterocycles. The molecule has 1 atom stereocenters. The number of methoxy groups -OCH3 is 1. The van der Waals surface area contributed by atoms with Crippen LogP contribution in [0, 0.1) is 6.92 Å². The first-order chi connectivity index (χ1) is 8.77. The van der Waals surface area contributed by atoms with Crippen molar-refractivity contribution < 1.29 is 4.74 Å². The van der Waals surface area contributed by atoms with E-state index in [9.17, 15) is 0 Å². The van der Waals surface area contributed by atoms with Crippen LogP contribution in [-0.4, -0.2) is 17.1 Å². The molecule has 1 aromatic heterocycles. The third-order valence-electron chi connectivity index (χ3n) is 2.82. The largest absolute Gasteiger partial charge is 0.480 e. The summed E-state index contributed by atoms with van der Waals surface area (Å²) >= 11 is 0. The Morgan fingerprint density at radius 3 is 2.61 bits per heavy atom. The van der Waals surface area contributed by atoms with Gasteiger partial charge in [0.25, 0.3) is 0 Å². The summed E-state index contributed by atoms with van der Waals surface area (Å²) in [5, 5.41) is 0. The highest BCUT2D eigenvalue weighted by molar-refractivity contribution is 5.37. The quantitative estimate of drug-likeness (QED) is 0.627. The number of nitrogens with one attached hydrogen (secondary N) is 1. The second-order valence-corrected chi connectivity index (χ2v) is 3.91. The lowest BCUT2D eigenvalue weighted by atomic mass is 9.99. The molecule has 1 aromatic carbocycles. The Hall–Kier alpha value is -1.98. The van der Waals surface area contributed by atoms with E-state index in [0.717, 1.165) is 11.1 Å². The van der Waals surface area contributed by atoms with Crippen LogP contribution in [0.1, 0.15) is 22.9 Å². The maximum Gasteiger partial charge on any atom is 0.237 e. The Kier molecular flexibility index (Phi) is 3.86. The smallest absolute Gasteiger partial charge is 0.237 e. The van der Waals surface area contributed by atoms with Crippen LogP contribution in [0.2, 0.25) is 0 Å². The monoisotopic (exact) mass is 244 g/mol. The topological polar surface area (TPSA) is 73.1 Å². The van der Waals surface area contributed by atoms with E-state index in [4.69, 9.17) is 10.6 Å². The summed E-state index contributed by atoms with van der Waals surface area (Å²) in [7, 11) is 1.57. The van der Waals surface area contributed by atoms with E-state index in [-0.39, 0.29) is 6.04 Å². The van der Waals surface area contributed by atoms with E-state index in [1.807, 2.05) is 31.2 Å². The fourth-order valence-corrected chi connectivity index (χ4v) is 1.92. The molecule has 0 aliphatic carbocycles. The first kappa shape index (κ1) is 12.5. The number of hydrazine groups is 1. The van der Waals surface area contributed by atoms with E-state index in [2.05, 4.69) is 15.4 Å². The Morgan fingerprint density at radius 2 is 1.94 bits per heavy atom. The minimum absolute atomic E-state index is 0.241. The molecule has 0 saturated carbocycles. The molecular weight excluding hydrogens is 228 g/mol. The summed E-state index contributed by atoms with van der Waals surface area (Å²) in [5.41, 5.74) is 5.63. The van der Waals surface area contributed by atoms with Crippen molar-refractivity contribution in [3.05, 3.63) is 53.5 Å². The van der Waals surface area contributed by atoms with Crippen LogP contribution in [0.3, 0.4) is 0 Å². The average Bonchev–Trinajstić information content (AvgIpc) is 2.42. The predicted molar refractivity (Wildman–Crippen MR) is 68.9 cm³/mol. The van der Waals surface area contributed by atoms with E-state index in [0.29, 0.717) is 11.6 Å². The van der Waals surface area contributed by atoms with Gasteiger partial charge in [-0.1, -0.05) is 24.3 Å². The maximum atomic E-state index is 5.66. The van der Waals surface area contributed by atoms with Crippen molar-refractivity contribution in [2.75, 3.05) is 7.11 Å². The van der Waals surface area contributed by atoms with Crippen molar-refractivity contribution in [2.24, 2.45) is 5.84 Å². The highest BCUT2D eigenvalue weighted by Crippen LogP contribution is 2.27. The lowest BCUT2D eigenvalue weighted by Gasteiger charge is -2.19. The highest BCUT2D eigenvalue weighted by atomic mass is 16.5. The van der Waals surface area contributed by atoms with Gasteiger partial charge in [0.1, 0.15) is 5.69 Å². The molecule has 1 heterocycles. The van der Waals surface area contributed by atoms with E-state index in [1.54, 1.807) is 19.5 Å². The summed E-state index contributed by atoms with van der Waals surface area (Å²) in [6, 6.07) is 7.75. The number of aromatic nitrogens is 2. The zero-order valence-corrected chi connectivity index (χ0v) is 10.4. The van der Waals surface area contributed by atoms with Gasteiger partial charge in [0.15, 0.2) is 0 Å². The third-order valence-corrected chi connectivity index (χ3v) is 2.82. The summed E-state index contributed by atoms with van der Waals surface area (Å²) in [4.78, 5) is 8.45. The summed E-state index contributed by atoms with van der Waals surface area (Å²) in [5.74, 6) is 6.13. The first-order valence-corrected chi connectivity index (χ1v) is 5.64. The second kappa shape index (κ2) is 5.57. The Morgan fingerprint density at radius 1 is 1.22 bits per heavy atom. The number of hydrogen-bond acceptors (Lipinski definition) is 5. The average molecular weight is 244 g/mol. The molecule has 5 heteroatoms. The van der Waals surface area contributed by atoms with Crippen molar-refractivity contribution in [2.45, 2.75) is 13.0 Å². The molecule has 0 spiro atoms. The van der Waals surface area contributed by atoms with Crippen LogP contribution < -0.4 is 16.0 Å². The minimum Gasteiger partial charge on any atom is -0.480 e. The summed E-state index contributed by atoms with van der Waals surface area (Å²) in [6.07, 6.45) is 3.22. The molecule has 0 bridgehead atoms. The van der Waals surface area contributed by atoms with Crippen molar-refractivity contribution >= 4 is 0 Å². The molecule has 94 valence electrons. The van der Waals surface area contributed by atoms with Crippen molar-refractivity contribution in [3.8, 4) is 5.88 Å². The lowest BCUT2D eigenvalue weighted by molar-refractivity contribution is 0.383. The Bertz CT molecular complexity index is 530. The minimum atomic E-state index is -0.241. The molecule has 0 fully saturated rings. The van der Waals surface area contributed by atoms with Gasteiger partial charge in [0.2, 0.25) is 5.88 Å². The van der Waals surface area contributed by atoms with Crippen LogP contribution in [-0.2, 0) is 0 Å². The molecule has 0 amide bonds. The zero-order chi connectivity index (χ0) is 13.0. The number of nitrogens with two attached hydrogens (primary N) is 1. The SMILES string of the molecule is COc1nccnc1C(NN)c1ccccc1C. The number of aryl methyl sites for hydroxylation is 1. The normalized spacial score (nSPS) is 12.2. The lowest BCUT2D eigenvalue weighted by Crippen LogP contribution is -2.30. The van der Waals surface area contributed by atoms with Crippen LogP contribution in [0.15, 0.2) is 36.7 Å². The fraction of sp³-hybridized carbons (Fsp3) is 0.231. The molecular formula is C13H16N4O. The molecule has 2 aromatic rings. The van der Waals surface area contributed by atoms with Crippen LogP contribution in [0.5, 0.6) is 5.88 Å². The third kappa shape index (κ3) is 2.32. The zero-order valence-electron chi connectivity index (χ0n) is 10.4. The molecule has 5 nitrogen and oxygen atoms in total. The molecule has 0 radical (unpaired) electrons. The predicted octanol–water partition coefficient (Wildman–Crippen LogP) is 1.35. The van der Waals surface area contributed by atoms with E-state index in [1.165, 1.54) is 0 Å². The molecule has 18 heavy (non-hydrogen) atoms. The standard InChI is InChI=1S/C13H16N4O/c1-9-5-3-4-6-10(9)11(17-14)12-13(18-2)16-8-7-15-12/h3-8,11,17H,14H2,1-2H3. The van der Waals surface area contributed by atoms with Crippen LogP contribution >= 0.6 is 0 Å².